The maximum atomic E-state index is 5.06. The van der Waals surface area contributed by atoms with Gasteiger partial charge in [0.15, 0.2) is 0 Å². The molecule has 3 aromatic heterocycles. The van der Waals surface area contributed by atoms with Crippen LogP contribution in [0, 0.1) is 0 Å². The molecule has 0 bridgehead atoms. The number of hydrogen-bond acceptors (Lipinski definition) is 2. The lowest BCUT2D eigenvalue weighted by Gasteiger charge is -2.10. The normalized spacial score (nSPS) is 11.9. The summed E-state index contributed by atoms with van der Waals surface area (Å²) in [5, 5.41) is 11.0. The van der Waals surface area contributed by atoms with E-state index >= 15 is 0 Å². The molecule has 0 aliphatic heterocycles. The van der Waals surface area contributed by atoms with Gasteiger partial charge >= 0.3 is 0 Å². The Bertz CT molecular complexity index is 3860. The van der Waals surface area contributed by atoms with Crippen molar-refractivity contribution in [2.75, 3.05) is 0 Å². The Kier molecular flexibility index (Phi) is 7.47. The summed E-state index contributed by atoms with van der Waals surface area (Å²) in [5.74, 6) is 0. The third-order valence-electron chi connectivity index (χ3n) is 12.5. The Labute approximate surface area is 355 Å². The smallest absolute Gasteiger partial charge is 0.124 e. The highest BCUT2D eigenvalue weighted by atomic mass is 32.1. The van der Waals surface area contributed by atoms with E-state index in [1.165, 1.54) is 97.8 Å². The molecular weight excluding hydrogens is 759 g/mol. The molecule has 0 N–H and O–H groups in total. The van der Waals surface area contributed by atoms with Gasteiger partial charge in [0, 0.05) is 43.9 Å². The monoisotopic (exact) mass is 793 g/mol. The molecule has 0 atom stereocenters. The zero-order valence-corrected chi connectivity index (χ0v) is 33.8. The van der Waals surface area contributed by atoms with Gasteiger partial charge in [-0.15, -0.1) is 11.3 Å². The summed E-state index contributed by atoms with van der Waals surface area (Å²) >= 11 is 1.78. The van der Waals surface area contributed by atoms with Crippen molar-refractivity contribution in [1.82, 2.24) is 14.1 Å². The van der Waals surface area contributed by atoms with E-state index in [0.29, 0.717) is 0 Å². The summed E-state index contributed by atoms with van der Waals surface area (Å²) in [4.78, 5) is 5.06. The van der Waals surface area contributed by atoms with Gasteiger partial charge < -0.3 is 9.13 Å². The Morgan fingerprint density at radius 2 is 0.803 bits per heavy atom. The van der Waals surface area contributed by atoms with Crippen LogP contribution in [0.5, 0.6) is 0 Å². The van der Waals surface area contributed by atoms with E-state index in [4.69, 9.17) is 4.98 Å². The van der Waals surface area contributed by atoms with Gasteiger partial charge in [0.05, 0.1) is 32.3 Å². The van der Waals surface area contributed by atoms with Crippen molar-refractivity contribution in [2.24, 2.45) is 0 Å². The molecule has 4 heteroatoms. The Morgan fingerprint density at radius 1 is 0.328 bits per heavy atom. The molecule has 0 amide bonds. The second kappa shape index (κ2) is 13.4. The van der Waals surface area contributed by atoms with Gasteiger partial charge in [-0.3, -0.25) is 0 Å². The van der Waals surface area contributed by atoms with Crippen molar-refractivity contribution in [2.45, 2.75) is 0 Å². The maximum Gasteiger partial charge on any atom is 0.124 e. The lowest BCUT2D eigenvalue weighted by Crippen LogP contribution is -1.93. The van der Waals surface area contributed by atoms with E-state index in [1.54, 1.807) is 11.3 Å². The molecule has 0 saturated carbocycles. The minimum Gasteiger partial charge on any atom is -0.309 e. The summed E-state index contributed by atoms with van der Waals surface area (Å²) in [6, 6.07) is 77.5. The first-order valence-electron chi connectivity index (χ1n) is 20.8. The fourth-order valence-electron chi connectivity index (χ4n) is 9.66. The van der Waals surface area contributed by atoms with Crippen molar-refractivity contribution in [3.05, 3.63) is 212 Å². The largest absolute Gasteiger partial charge is 0.309 e. The molecule has 13 aromatic rings. The van der Waals surface area contributed by atoms with Crippen LogP contribution in [-0.2, 0) is 0 Å². The fraction of sp³-hybridized carbons (Fsp3) is 0. The predicted molar refractivity (Wildman–Crippen MR) is 260 cm³/mol. The zero-order chi connectivity index (χ0) is 40.0. The van der Waals surface area contributed by atoms with E-state index in [0.717, 1.165) is 21.8 Å². The third-order valence-corrected chi connectivity index (χ3v) is 13.6. The van der Waals surface area contributed by atoms with Gasteiger partial charge in [0.2, 0.25) is 0 Å². The highest BCUT2D eigenvalue weighted by molar-refractivity contribution is 7.22. The van der Waals surface area contributed by atoms with Crippen LogP contribution in [0.15, 0.2) is 212 Å². The zero-order valence-electron chi connectivity index (χ0n) is 33.0. The van der Waals surface area contributed by atoms with Crippen molar-refractivity contribution >= 4 is 86.7 Å². The molecular formula is C57H35N3S. The first kappa shape index (κ1) is 34.1. The van der Waals surface area contributed by atoms with Crippen molar-refractivity contribution in [3.63, 3.8) is 0 Å². The topological polar surface area (TPSA) is 22.8 Å². The van der Waals surface area contributed by atoms with Crippen LogP contribution in [0.4, 0.5) is 0 Å². The molecule has 0 aliphatic carbocycles. The molecule has 0 saturated heterocycles. The summed E-state index contributed by atoms with van der Waals surface area (Å²) in [5.41, 5.74) is 14.1. The molecule has 3 nitrogen and oxygen atoms in total. The van der Waals surface area contributed by atoms with Gasteiger partial charge in [-0.05, 0) is 117 Å². The number of benzene rings is 10. The van der Waals surface area contributed by atoms with Crippen molar-refractivity contribution in [3.8, 4) is 44.2 Å². The number of hydrogen-bond donors (Lipinski definition) is 0. The number of para-hydroxylation sites is 3. The van der Waals surface area contributed by atoms with Crippen molar-refractivity contribution < 1.29 is 0 Å². The third kappa shape index (κ3) is 5.33. The van der Waals surface area contributed by atoms with Crippen molar-refractivity contribution in [1.29, 1.82) is 0 Å². The summed E-state index contributed by atoms with van der Waals surface area (Å²) in [6.07, 6.45) is 0. The lowest BCUT2D eigenvalue weighted by molar-refractivity contribution is 1.18. The molecule has 0 aliphatic rings. The fourth-order valence-corrected chi connectivity index (χ4v) is 10.8. The molecule has 0 fully saturated rings. The van der Waals surface area contributed by atoms with E-state index in [9.17, 15) is 0 Å². The molecule has 284 valence electrons. The highest BCUT2D eigenvalue weighted by Crippen LogP contribution is 2.42. The first-order chi connectivity index (χ1) is 30.2. The summed E-state index contributed by atoms with van der Waals surface area (Å²) in [7, 11) is 0. The van der Waals surface area contributed by atoms with Crippen LogP contribution in [0.3, 0.4) is 0 Å². The quantitative estimate of drug-likeness (QED) is 0.159. The summed E-state index contributed by atoms with van der Waals surface area (Å²) < 4.78 is 6.02. The minimum atomic E-state index is 1.05. The summed E-state index contributed by atoms with van der Waals surface area (Å²) in [6.45, 7) is 0. The highest BCUT2D eigenvalue weighted by Gasteiger charge is 2.18. The Balaban J connectivity index is 0.971. The standard InChI is InChI=1S/C57H35N3S/c1-4-12-37(13-5-1)57-58-50-28-23-36-20-21-42-32-38(22-27-45(42)55(36)56(50)61-57)39-24-30-53-48(34-39)49-35-41(26-31-54(49)60(53)44-16-8-3-9-17-44)40-25-29-52-47(33-40)46-18-10-11-19-51(46)59(52)43-14-6-2-7-15-43/h1-35H. The van der Waals surface area contributed by atoms with Gasteiger partial charge in [0.1, 0.15) is 5.01 Å². The average molecular weight is 794 g/mol. The van der Waals surface area contributed by atoms with E-state index in [-0.39, 0.29) is 0 Å². The van der Waals surface area contributed by atoms with E-state index < -0.39 is 0 Å². The molecule has 0 spiro atoms. The number of rotatable bonds is 5. The first-order valence-corrected chi connectivity index (χ1v) is 21.6. The maximum absolute atomic E-state index is 5.06. The molecule has 3 heterocycles. The molecule has 0 unspecified atom stereocenters. The van der Waals surface area contributed by atoms with Crippen LogP contribution in [0.2, 0.25) is 0 Å². The number of thiazole rings is 1. The second-order valence-corrected chi connectivity index (χ2v) is 17.0. The predicted octanol–water partition coefficient (Wildman–Crippen LogP) is 15.8. The Morgan fingerprint density at radius 3 is 1.43 bits per heavy atom. The van der Waals surface area contributed by atoms with E-state index in [1.807, 2.05) is 0 Å². The van der Waals surface area contributed by atoms with Crippen LogP contribution in [-0.4, -0.2) is 14.1 Å². The minimum absolute atomic E-state index is 1.05. The van der Waals surface area contributed by atoms with Gasteiger partial charge in [-0.1, -0.05) is 133 Å². The van der Waals surface area contributed by atoms with E-state index in [2.05, 4.69) is 221 Å². The van der Waals surface area contributed by atoms with Gasteiger partial charge in [-0.2, -0.15) is 0 Å². The molecule has 61 heavy (non-hydrogen) atoms. The van der Waals surface area contributed by atoms with Gasteiger partial charge in [0.25, 0.3) is 0 Å². The molecule has 10 aromatic carbocycles. The van der Waals surface area contributed by atoms with Crippen LogP contribution < -0.4 is 0 Å². The van der Waals surface area contributed by atoms with Gasteiger partial charge in [-0.25, -0.2) is 4.98 Å². The number of aromatic nitrogens is 3. The molecule has 0 radical (unpaired) electrons. The second-order valence-electron chi connectivity index (χ2n) is 16.0. The number of nitrogens with zero attached hydrogens (tertiary/aromatic N) is 3. The van der Waals surface area contributed by atoms with Crippen LogP contribution >= 0.6 is 11.3 Å². The SMILES string of the molecule is c1ccc(-c2nc3ccc4ccc5cc(-c6ccc7c(c6)c6cc(-c8ccc9c(c8)c8ccccc8n9-c8ccccc8)ccc6n7-c6ccccc6)ccc5c4c3s2)cc1. The average Bonchev–Trinajstić information content (AvgIpc) is 4.02. The molecule has 13 rings (SSSR count). The Hall–Kier alpha value is -7.79. The van der Waals surface area contributed by atoms with Crippen LogP contribution in [0.1, 0.15) is 0 Å². The van der Waals surface area contributed by atoms with Crippen LogP contribution in [0.25, 0.3) is 120 Å². The lowest BCUT2D eigenvalue weighted by atomic mass is 9.96. The number of fused-ring (bicyclic) bond motifs is 11.